The molecule has 0 unspecified atom stereocenters. The summed E-state index contributed by atoms with van der Waals surface area (Å²) in [6.45, 7) is 1.41. The Hall–Kier alpha value is -0.850. The third kappa shape index (κ3) is 4.12. The van der Waals surface area contributed by atoms with Crippen molar-refractivity contribution < 1.29 is 18.1 Å². The van der Waals surface area contributed by atoms with Gasteiger partial charge in [-0.15, -0.1) is 0 Å². The summed E-state index contributed by atoms with van der Waals surface area (Å²) in [5.74, 6) is 0. The number of nitro groups is 1. The van der Waals surface area contributed by atoms with E-state index in [4.69, 9.17) is 0 Å². The maximum Gasteiger partial charge on any atom is 0.410 e. The fourth-order valence-electron chi connectivity index (χ4n) is 2.45. The summed E-state index contributed by atoms with van der Waals surface area (Å²) in [6.07, 6.45) is -0.570. The highest BCUT2D eigenvalue weighted by molar-refractivity contribution is 4.87. The summed E-state index contributed by atoms with van der Waals surface area (Å²) in [7, 11) is 0. The summed E-state index contributed by atoms with van der Waals surface area (Å²) in [5, 5.41) is 13.2. The molecule has 0 spiro atoms. The molecule has 1 rings (SSSR count). The van der Waals surface area contributed by atoms with Gasteiger partial charge < -0.3 is 0 Å². The molecule has 1 fully saturated rings. The molecule has 0 amide bonds. The van der Waals surface area contributed by atoms with Crippen molar-refractivity contribution >= 4 is 0 Å². The molecule has 0 bridgehead atoms. The second-order valence-electron chi connectivity index (χ2n) is 4.78. The van der Waals surface area contributed by atoms with Crippen molar-refractivity contribution in [3.05, 3.63) is 10.1 Å². The second kappa shape index (κ2) is 6.36. The lowest BCUT2D eigenvalue weighted by molar-refractivity contribution is -0.535. The molecule has 1 N–H and O–H groups in total. The standard InChI is InChI=1S/C11H19F3N2O2/c1-2-9(16(17)18)10(11(12,13)14)15-8-6-4-3-5-7-8/h8-10,15H,2-7H2,1H3/t9-,10-/m0/s1. The van der Waals surface area contributed by atoms with Crippen molar-refractivity contribution in [2.24, 2.45) is 0 Å². The van der Waals surface area contributed by atoms with Gasteiger partial charge in [0, 0.05) is 17.4 Å². The largest absolute Gasteiger partial charge is 0.410 e. The summed E-state index contributed by atoms with van der Waals surface area (Å²) < 4.78 is 38.7. The molecule has 0 aliphatic heterocycles. The van der Waals surface area contributed by atoms with Crippen LogP contribution >= 0.6 is 0 Å². The minimum absolute atomic E-state index is 0.128. The van der Waals surface area contributed by atoms with E-state index in [1.54, 1.807) is 0 Å². The lowest BCUT2D eigenvalue weighted by atomic mass is 9.93. The van der Waals surface area contributed by atoms with E-state index < -0.39 is 23.2 Å². The number of hydrogen-bond donors (Lipinski definition) is 1. The molecular weight excluding hydrogens is 249 g/mol. The van der Waals surface area contributed by atoms with Crippen molar-refractivity contribution in [2.75, 3.05) is 0 Å². The minimum atomic E-state index is -4.58. The van der Waals surface area contributed by atoms with Crippen LogP contribution in [0.2, 0.25) is 0 Å². The lowest BCUT2D eigenvalue weighted by Crippen LogP contribution is -2.56. The zero-order valence-corrected chi connectivity index (χ0v) is 10.4. The van der Waals surface area contributed by atoms with Crippen molar-refractivity contribution in [3.63, 3.8) is 0 Å². The van der Waals surface area contributed by atoms with E-state index in [-0.39, 0.29) is 12.5 Å². The van der Waals surface area contributed by atoms with E-state index in [1.807, 2.05) is 0 Å². The molecule has 1 aliphatic carbocycles. The van der Waals surface area contributed by atoms with Gasteiger partial charge in [0.2, 0.25) is 6.04 Å². The number of alkyl halides is 3. The SMILES string of the molecule is CC[C@@H]([C@H](NC1CCCCC1)C(F)(F)F)[N+](=O)[O-]. The molecular formula is C11H19F3N2O2. The predicted molar refractivity (Wildman–Crippen MR) is 60.9 cm³/mol. The van der Waals surface area contributed by atoms with Gasteiger partial charge >= 0.3 is 6.18 Å². The zero-order valence-electron chi connectivity index (χ0n) is 10.4. The van der Waals surface area contributed by atoms with Crippen LogP contribution in [0.4, 0.5) is 13.2 Å². The van der Waals surface area contributed by atoms with Gasteiger partial charge in [0.25, 0.3) is 0 Å². The number of halogens is 3. The highest BCUT2D eigenvalue weighted by Gasteiger charge is 2.50. The fraction of sp³-hybridized carbons (Fsp3) is 1.00. The number of hydrogen-bond acceptors (Lipinski definition) is 3. The van der Waals surface area contributed by atoms with E-state index in [0.717, 1.165) is 19.3 Å². The zero-order chi connectivity index (χ0) is 13.8. The topological polar surface area (TPSA) is 55.2 Å². The van der Waals surface area contributed by atoms with Gasteiger partial charge in [0.05, 0.1) is 0 Å². The number of nitrogens with zero attached hydrogens (tertiary/aromatic N) is 1. The van der Waals surface area contributed by atoms with Crippen LogP contribution in [0.5, 0.6) is 0 Å². The van der Waals surface area contributed by atoms with Gasteiger partial charge in [-0.1, -0.05) is 26.2 Å². The molecule has 1 saturated carbocycles. The molecule has 2 atom stereocenters. The van der Waals surface area contributed by atoms with Gasteiger partial charge in [-0.25, -0.2) is 0 Å². The van der Waals surface area contributed by atoms with Gasteiger partial charge in [-0.3, -0.25) is 15.4 Å². The highest BCUT2D eigenvalue weighted by Crippen LogP contribution is 2.28. The van der Waals surface area contributed by atoms with Crippen LogP contribution in [0, 0.1) is 10.1 Å². The van der Waals surface area contributed by atoms with Crippen molar-refractivity contribution in [1.29, 1.82) is 0 Å². The maximum absolute atomic E-state index is 12.9. The van der Waals surface area contributed by atoms with Gasteiger partial charge in [-0.2, -0.15) is 13.2 Å². The van der Waals surface area contributed by atoms with E-state index in [9.17, 15) is 23.3 Å². The van der Waals surface area contributed by atoms with Crippen molar-refractivity contribution in [3.8, 4) is 0 Å². The van der Waals surface area contributed by atoms with Crippen LogP contribution in [-0.2, 0) is 0 Å². The van der Waals surface area contributed by atoms with E-state index in [0.29, 0.717) is 12.8 Å². The second-order valence-corrected chi connectivity index (χ2v) is 4.78. The molecule has 1 aliphatic rings. The predicted octanol–water partition coefficient (Wildman–Crippen LogP) is 2.89. The smallest absolute Gasteiger partial charge is 0.298 e. The highest BCUT2D eigenvalue weighted by atomic mass is 19.4. The first kappa shape index (κ1) is 15.2. The van der Waals surface area contributed by atoms with E-state index in [1.165, 1.54) is 6.92 Å². The minimum Gasteiger partial charge on any atom is -0.298 e. The number of nitrogens with one attached hydrogen (secondary N) is 1. The molecule has 106 valence electrons. The molecule has 0 saturated heterocycles. The Kier molecular flexibility index (Phi) is 5.37. The van der Waals surface area contributed by atoms with Crippen LogP contribution in [0.3, 0.4) is 0 Å². The lowest BCUT2D eigenvalue weighted by Gasteiger charge is -2.30. The molecule has 0 heterocycles. The molecule has 0 aromatic heterocycles. The van der Waals surface area contributed by atoms with Crippen LogP contribution in [0.15, 0.2) is 0 Å². The molecule has 0 aromatic rings. The first-order valence-electron chi connectivity index (χ1n) is 6.32. The quantitative estimate of drug-likeness (QED) is 0.616. The van der Waals surface area contributed by atoms with E-state index >= 15 is 0 Å². The van der Waals surface area contributed by atoms with Crippen LogP contribution in [0.25, 0.3) is 0 Å². The molecule has 7 heteroatoms. The number of rotatable bonds is 5. The first-order valence-corrected chi connectivity index (χ1v) is 6.32. The summed E-state index contributed by atoms with van der Waals surface area (Å²) >= 11 is 0. The summed E-state index contributed by atoms with van der Waals surface area (Å²) in [4.78, 5) is 9.90. The fourth-order valence-corrected chi connectivity index (χ4v) is 2.45. The van der Waals surface area contributed by atoms with Crippen LogP contribution in [0.1, 0.15) is 45.4 Å². The van der Waals surface area contributed by atoms with Gasteiger partial charge in [0.15, 0.2) is 6.04 Å². The van der Waals surface area contributed by atoms with E-state index in [2.05, 4.69) is 5.32 Å². The molecule has 0 radical (unpaired) electrons. The molecule has 0 aromatic carbocycles. The Balaban J connectivity index is 2.74. The average Bonchev–Trinajstić information content (AvgIpc) is 2.28. The average molecular weight is 268 g/mol. The Morgan fingerprint density at radius 2 is 1.89 bits per heavy atom. The monoisotopic (exact) mass is 268 g/mol. The third-order valence-electron chi connectivity index (χ3n) is 3.45. The van der Waals surface area contributed by atoms with Crippen molar-refractivity contribution in [2.45, 2.75) is 69.8 Å². The van der Waals surface area contributed by atoms with Gasteiger partial charge in [-0.05, 0) is 12.8 Å². The van der Waals surface area contributed by atoms with Crippen molar-refractivity contribution in [1.82, 2.24) is 5.32 Å². The molecule has 4 nitrogen and oxygen atoms in total. The molecule has 18 heavy (non-hydrogen) atoms. The summed E-state index contributed by atoms with van der Waals surface area (Å²) in [6, 6.07) is -3.90. The van der Waals surface area contributed by atoms with Gasteiger partial charge in [0.1, 0.15) is 0 Å². The van der Waals surface area contributed by atoms with Crippen LogP contribution in [-0.4, -0.2) is 29.2 Å². The maximum atomic E-state index is 12.9. The first-order chi connectivity index (χ1) is 8.36. The Morgan fingerprint density at radius 3 is 2.28 bits per heavy atom. The Labute approximate surface area is 104 Å². The van der Waals surface area contributed by atoms with Crippen LogP contribution < -0.4 is 5.32 Å². The normalized spacial score (nSPS) is 21.6. The summed E-state index contributed by atoms with van der Waals surface area (Å²) in [5.41, 5.74) is 0. The Morgan fingerprint density at radius 1 is 1.33 bits per heavy atom. The third-order valence-corrected chi connectivity index (χ3v) is 3.45. The Bertz CT molecular complexity index is 278.